The van der Waals surface area contributed by atoms with E-state index in [0.29, 0.717) is 23.0 Å². The third-order valence-electron chi connectivity index (χ3n) is 3.40. The number of amides is 1. The molecule has 0 saturated heterocycles. The summed E-state index contributed by atoms with van der Waals surface area (Å²) in [6.07, 6.45) is 9.29. The molecule has 20 heavy (non-hydrogen) atoms. The van der Waals surface area contributed by atoms with Gasteiger partial charge in [0.25, 0.3) is 5.91 Å². The molecule has 0 spiro atoms. The van der Waals surface area contributed by atoms with Gasteiger partial charge in [-0.15, -0.1) is 0 Å². The second kappa shape index (κ2) is 5.77. The highest BCUT2D eigenvalue weighted by atomic mass is 16.7. The number of rotatable bonds is 3. The van der Waals surface area contributed by atoms with Gasteiger partial charge in [0, 0.05) is 11.8 Å². The summed E-state index contributed by atoms with van der Waals surface area (Å²) in [6, 6.07) is 5.09. The Balaban J connectivity index is 1.59. The van der Waals surface area contributed by atoms with Gasteiger partial charge in [-0.1, -0.05) is 12.2 Å². The van der Waals surface area contributed by atoms with E-state index in [9.17, 15) is 4.79 Å². The Morgan fingerprint density at radius 3 is 3.05 bits per heavy atom. The van der Waals surface area contributed by atoms with E-state index in [1.54, 1.807) is 18.2 Å². The van der Waals surface area contributed by atoms with Crippen molar-refractivity contribution in [1.82, 2.24) is 5.43 Å². The fraction of sp³-hybridized carbons (Fsp3) is 0.333. The molecule has 0 saturated carbocycles. The van der Waals surface area contributed by atoms with Crippen molar-refractivity contribution in [2.45, 2.75) is 19.3 Å². The monoisotopic (exact) mass is 272 g/mol. The summed E-state index contributed by atoms with van der Waals surface area (Å²) in [4.78, 5) is 12.0. The predicted octanol–water partition coefficient (Wildman–Crippen LogP) is 2.49. The molecular weight excluding hydrogens is 256 g/mol. The first-order valence-corrected chi connectivity index (χ1v) is 6.71. The van der Waals surface area contributed by atoms with Crippen LogP contribution in [0, 0.1) is 5.92 Å². The number of ether oxygens (including phenoxy) is 2. The average Bonchev–Trinajstić information content (AvgIpc) is 2.95. The molecule has 1 aliphatic heterocycles. The summed E-state index contributed by atoms with van der Waals surface area (Å²) in [6.45, 7) is 0.202. The summed E-state index contributed by atoms with van der Waals surface area (Å²) >= 11 is 0. The van der Waals surface area contributed by atoms with Crippen LogP contribution in [0.25, 0.3) is 0 Å². The Morgan fingerprint density at radius 1 is 1.30 bits per heavy atom. The molecule has 0 radical (unpaired) electrons. The normalized spacial score (nSPS) is 20.3. The SMILES string of the molecule is O=C(N/N=C/C1CC=CCC1)c1ccc2c(c1)OCO2. The molecule has 0 fully saturated rings. The third kappa shape index (κ3) is 2.82. The maximum atomic E-state index is 12.0. The minimum atomic E-state index is -0.245. The molecule has 1 amide bonds. The molecule has 0 aromatic heterocycles. The van der Waals surface area contributed by atoms with Crippen molar-refractivity contribution < 1.29 is 14.3 Å². The maximum absolute atomic E-state index is 12.0. The van der Waals surface area contributed by atoms with E-state index >= 15 is 0 Å². The van der Waals surface area contributed by atoms with Crippen LogP contribution in [0.1, 0.15) is 29.6 Å². The minimum Gasteiger partial charge on any atom is -0.454 e. The van der Waals surface area contributed by atoms with Gasteiger partial charge in [-0.2, -0.15) is 5.10 Å². The van der Waals surface area contributed by atoms with Crippen molar-refractivity contribution in [1.29, 1.82) is 0 Å². The largest absolute Gasteiger partial charge is 0.454 e. The lowest BCUT2D eigenvalue weighted by molar-refractivity contribution is 0.0954. The lowest BCUT2D eigenvalue weighted by atomic mass is 9.96. The third-order valence-corrected chi connectivity index (χ3v) is 3.40. The number of carbonyl (C=O) groups is 1. The van der Waals surface area contributed by atoms with Crippen molar-refractivity contribution in [3.05, 3.63) is 35.9 Å². The van der Waals surface area contributed by atoms with Crippen molar-refractivity contribution in [3.8, 4) is 11.5 Å². The van der Waals surface area contributed by atoms with Crippen molar-refractivity contribution in [2.75, 3.05) is 6.79 Å². The van der Waals surface area contributed by atoms with E-state index in [1.807, 2.05) is 6.21 Å². The number of carbonyl (C=O) groups excluding carboxylic acids is 1. The Bertz CT molecular complexity index is 566. The van der Waals surface area contributed by atoms with E-state index in [-0.39, 0.29) is 12.7 Å². The molecule has 0 bridgehead atoms. The molecule has 1 atom stereocenters. The predicted molar refractivity (Wildman–Crippen MR) is 75.0 cm³/mol. The Kier molecular flexibility index (Phi) is 3.67. The smallest absolute Gasteiger partial charge is 0.271 e. The summed E-state index contributed by atoms with van der Waals surface area (Å²) < 4.78 is 10.4. The van der Waals surface area contributed by atoms with Gasteiger partial charge >= 0.3 is 0 Å². The quantitative estimate of drug-likeness (QED) is 0.522. The Morgan fingerprint density at radius 2 is 2.20 bits per heavy atom. The number of hydrogen-bond donors (Lipinski definition) is 1. The van der Waals surface area contributed by atoms with Gasteiger partial charge in [0.2, 0.25) is 6.79 Å². The maximum Gasteiger partial charge on any atom is 0.271 e. The lowest BCUT2D eigenvalue weighted by Gasteiger charge is -2.11. The molecule has 5 nitrogen and oxygen atoms in total. The van der Waals surface area contributed by atoms with Gasteiger partial charge in [0.15, 0.2) is 11.5 Å². The minimum absolute atomic E-state index is 0.202. The fourth-order valence-corrected chi connectivity index (χ4v) is 2.26. The second-order valence-electron chi connectivity index (χ2n) is 4.83. The number of nitrogens with one attached hydrogen (secondary N) is 1. The van der Waals surface area contributed by atoms with Gasteiger partial charge in [0.1, 0.15) is 0 Å². The van der Waals surface area contributed by atoms with E-state index in [4.69, 9.17) is 9.47 Å². The first kappa shape index (κ1) is 12.7. The van der Waals surface area contributed by atoms with Crippen LogP contribution in [0.4, 0.5) is 0 Å². The zero-order valence-corrected chi connectivity index (χ0v) is 11.0. The number of fused-ring (bicyclic) bond motifs is 1. The van der Waals surface area contributed by atoms with E-state index < -0.39 is 0 Å². The van der Waals surface area contributed by atoms with E-state index in [1.165, 1.54) is 0 Å². The zero-order chi connectivity index (χ0) is 13.8. The number of hydrogen-bond acceptors (Lipinski definition) is 4. The first-order valence-electron chi connectivity index (χ1n) is 6.71. The zero-order valence-electron chi connectivity index (χ0n) is 11.0. The van der Waals surface area contributed by atoms with Crippen LogP contribution in [-0.4, -0.2) is 18.9 Å². The van der Waals surface area contributed by atoms with Crippen LogP contribution in [0.5, 0.6) is 11.5 Å². The van der Waals surface area contributed by atoms with Crippen molar-refractivity contribution >= 4 is 12.1 Å². The topological polar surface area (TPSA) is 59.9 Å². The second-order valence-corrected chi connectivity index (χ2v) is 4.83. The van der Waals surface area contributed by atoms with Crippen LogP contribution in [-0.2, 0) is 0 Å². The van der Waals surface area contributed by atoms with E-state index in [0.717, 1.165) is 19.3 Å². The standard InChI is InChI=1S/C15H16N2O3/c18-15(17-16-9-11-4-2-1-3-5-11)12-6-7-13-14(8-12)20-10-19-13/h1-2,6-9,11H,3-5,10H2,(H,17,18)/b16-9+. The number of nitrogens with zero attached hydrogens (tertiary/aromatic N) is 1. The average molecular weight is 272 g/mol. The summed E-state index contributed by atoms with van der Waals surface area (Å²) in [7, 11) is 0. The van der Waals surface area contributed by atoms with Crippen LogP contribution >= 0.6 is 0 Å². The van der Waals surface area contributed by atoms with Crippen LogP contribution in [0.15, 0.2) is 35.5 Å². The number of allylic oxidation sites excluding steroid dienone is 2. The van der Waals surface area contributed by atoms with E-state index in [2.05, 4.69) is 22.7 Å². The fourth-order valence-electron chi connectivity index (χ4n) is 2.26. The molecule has 5 heteroatoms. The first-order chi connectivity index (χ1) is 9.83. The van der Waals surface area contributed by atoms with Crippen molar-refractivity contribution in [3.63, 3.8) is 0 Å². The highest BCUT2D eigenvalue weighted by molar-refractivity contribution is 5.95. The molecule has 1 N–H and O–H groups in total. The van der Waals surface area contributed by atoms with Gasteiger partial charge in [-0.05, 0) is 43.4 Å². The summed E-state index contributed by atoms with van der Waals surface area (Å²) in [5, 5.41) is 4.03. The molecule has 1 heterocycles. The molecule has 2 aliphatic rings. The Hall–Kier alpha value is -2.30. The lowest BCUT2D eigenvalue weighted by Crippen LogP contribution is -2.18. The van der Waals surface area contributed by atoms with Gasteiger partial charge in [-0.3, -0.25) is 4.79 Å². The molecular formula is C15H16N2O3. The highest BCUT2D eigenvalue weighted by Gasteiger charge is 2.16. The van der Waals surface area contributed by atoms with Crippen LogP contribution in [0.3, 0.4) is 0 Å². The van der Waals surface area contributed by atoms with Crippen LogP contribution < -0.4 is 14.9 Å². The molecule has 1 unspecified atom stereocenters. The van der Waals surface area contributed by atoms with Crippen molar-refractivity contribution in [2.24, 2.45) is 11.0 Å². The summed E-state index contributed by atoms with van der Waals surface area (Å²) in [5.74, 6) is 1.43. The summed E-state index contributed by atoms with van der Waals surface area (Å²) in [5.41, 5.74) is 3.06. The number of hydrazone groups is 1. The number of benzene rings is 1. The molecule has 104 valence electrons. The van der Waals surface area contributed by atoms with Crippen LogP contribution in [0.2, 0.25) is 0 Å². The highest BCUT2D eigenvalue weighted by Crippen LogP contribution is 2.32. The van der Waals surface area contributed by atoms with Gasteiger partial charge < -0.3 is 9.47 Å². The van der Waals surface area contributed by atoms with Gasteiger partial charge in [0.05, 0.1) is 0 Å². The Labute approximate surface area is 117 Å². The molecule has 1 aromatic rings. The van der Waals surface area contributed by atoms with Gasteiger partial charge in [-0.25, -0.2) is 5.43 Å². The molecule has 1 aromatic carbocycles. The molecule has 1 aliphatic carbocycles. The molecule has 3 rings (SSSR count).